The molecule has 0 aliphatic carbocycles. The van der Waals surface area contributed by atoms with Crippen molar-refractivity contribution in [1.29, 1.82) is 0 Å². The van der Waals surface area contributed by atoms with E-state index in [2.05, 4.69) is 40.5 Å². The van der Waals surface area contributed by atoms with Gasteiger partial charge in [0.25, 0.3) is 0 Å². The fourth-order valence-corrected chi connectivity index (χ4v) is 3.42. The van der Waals surface area contributed by atoms with Gasteiger partial charge < -0.3 is 4.90 Å². The van der Waals surface area contributed by atoms with E-state index < -0.39 is 0 Å². The van der Waals surface area contributed by atoms with Gasteiger partial charge in [0.2, 0.25) is 0 Å². The monoisotopic (exact) mass is 304 g/mol. The molecular formula is C18H32N4. The Morgan fingerprint density at radius 3 is 2.23 bits per heavy atom. The van der Waals surface area contributed by atoms with Crippen LogP contribution in [-0.4, -0.2) is 51.5 Å². The molecule has 0 amide bonds. The first kappa shape index (κ1) is 17.4. The summed E-state index contributed by atoms with van der Waals surface area (Å²) in [6.45, 7) is 14.6. The number of likely N-dealkylation sites (tertiary alicyclic amines) is 1. The lowest BCUT2D eigenvalue weighted by molar-refractivity contribution is 0.0727. The predicted octanol–water partition coefficient (Wildman–Crippen LogP) is 3.26. The molecule has 22 heavy (non-hydrogen) atoms. The second kappa shape index (κ2) is 8.02. The van der Waals surface area contributed by atoms with E-state index >= 15 is 0 Å². The molecule has 0 aromatic carbocycles. The zero-order valence-corrected chi connectivity index (χ0v) is 14.8. The first-order valence-electron chi connectivity index (χ1n) is 8.76. The number of hydrogen-bond acceptors (Lipinski definition) is 4. The van der Waals surface area contributed by atoms with Gasteiger partial charge in [-0.05, 0) is 53.2 Å². The minimum Gasteiger partial charge on any atom is -0.302 e. The second-order valence-corrected chi connectivity index (χ2v) is 7.16. The van der Waals surface area contributed by atoms with Crippen LogP contribution in [0.3, 0.4) is 0 Å². The van der Waals surface area contributed by atoms with Crippen molar-refractivity contribution in [3.05, 3.63) is 23.8 Å². The number of aromatic nitrogens is 2. The summed E-state index contributed by atoms with van der Waals surface area (Å²) in [6.07, 6.45) is 9.44. The fourth-order valence-electron chi connectivity index (χ4n) is 3.42. The lowest BCUT2D eigenvalue weighted by Gasteiger charge is -2.41. The molecule has 0 bridgehead atoms. The molecule has 4 nitrogen and oxygen atoms in total. The molecule has 1 saturated heterocycles. The highest BCUT2D eigenvalue weighted by molar-refractivity contribution is 5.05. The molecule has 1 aliphatic rings. The number of aryl methyl sites for hydroxylation is 1. The number of hydrogen-bond donors (Lipinski definition) is 0. The van der Waals surface area contributed by atoms with E-state index in [-0.39, 0.29) is 5.54 Å². The summed E-state index contributed by atoms with van der Waals surface area (Å²) in [6, 6.07) is 0. The van der Waals surface area contributed by atoms with Gasteiger partial charge >= 0.3 is 0 Å². The smallest absolute Gasteiger partial charge is 0.125 e. The van der Waals surface area contributed by atoms with Crippen LogP contribution in [0.25, 0.3) is 0 Å². The molecule has 4 heteroatoms. The fraction of sp³-hybridized carbons (Fsp3) is 0.778. The van der Waals surface area contributed by atoms with Crippen LogP contribution in [0, 0.1) is 6.92 Å². The first-order chi connectivity index (χ1) is 10.5. The summed E-state index contributed by atoms with van der Waals surface area (Å²) < 4.78 is 0. The summed E-state index contributed by atoms with van der Waals surface area (Å²) in [5, 5.41) is 0. The molecule has 2 rings (SSSR count). The summed E-state index contributed by atoms with van der Waals surface area (Å²) in [4.78, 5) is 13.9. The van der Waals surface area contributed by atoms with Crippen molar-refractivity contribution in [2.75, 3.05) is 26.2 Å². The van der Waals surface area contributed by atoms with Crippen LogP contribution in [-0.2, 0) is 6.54 Å². The highest BCUT2D eigenvalue weighted by atomic mass is 15.2. The van der Waals surface area contributed by atoms with Crippen molar-refractivity contribution >= 4 is 0 Å². The Hall–Kier alpha value is -1.00. The number of nitrogens with zero attached hydrogens (tertiary/aromatic N) is 4. The van der Waals surface area contributed by atoms with E-state index in [9.17, 15) is 0 Å². The van der Waals surface area contributed by atoms with Crippen molar-refractivity contribution in [3.8, 4) is 0 Å². The molecule has 1 aromatic rings. The van der Waals surface area contributed by atoms with Crippen molar-refractivity contribution < 1.29 is 0 Å². The van der Waals surface area contributed by atoms with Crippen LogP contribution >= 0.6 is 0 Å². The van der Waals surface area contributed by atoms with Gasteiger partial charge in [0.1, 0.15) is 5.82 Å². The van der Waals surface area contributed by atoms with Gasteiger partial charge in [0.05, 0.1) is 0 Å². The Kier molecular flexibility index (Phi) is 6.33. The summed E-state index contributed by atoms with van der Waals surface area (Å²) >= 11 is 0. The zero-order valence-electron chi connectivity index (χ0n) is 14.8. The normalized spacial score (nSPS) is 17.7. The molecule has 0 saturated carbocycles. The lowest BCUT2D eigenvalue weighted by Crippen LogP contribution is -2.51. The van der Waals surface area contributed by atoms with E-state index in [0.717, 1.165) is 25.5 Å². The summed E-state index contributed by atoms with van der Waals surface area (Å²) in [5.41, 5.74) is 1.38. The molecule has 0 unspecified atom stereocenters. The third-order valence-corrected chi connectivity index (χ3v) is 4.75. The van der Waals surface area contributed by atoms with E-state index in [1.807, 2.05) is 19.3 Å². The maximum absolute atomic E-state index is 4.33. The molecule has 124 valence electrons. The van der Waals surface area contributed by atoms with Gasteiger partial charge in [-0.1, -0.05) is 19.8 Å². The Labute approximate surface area is 135 Å². The Morgan fingerprint density at radius 1 is 1.09 bits per heavy atom. The zero-order chi connectivity index (χ0) is 16.0. The largest absolute Gasteiger partial charge is 0.302 e. The standard InChI is InChI=1S/C18H32N4/c1-5-22(14-17-12-19-16(2)20-13-17)18(3,4)15-21-10-8-6-7-9-11-21/h12-13H,5-11,14-15H2,1-4H3. The average Bonchev–Trinajstić information content (AvgIpc) is 2.74. The molecule has 1 aromatic heterocycles. The second-order valence-electron chi connectivity index (χ2n) is 7.16. The molecular weight excluding hydrogens is 272 g/mol. The summed E-state index contributed by atoms with van der Waals surface area (Å²) in [5.74, 6) is 0.843. The van der Waals surface area contributed by atoms with Crippen LogP contribution in [0.5, 0.6) is 0 Å². The molecule has 0 atom stereocenters. The van der Waals surface area contributed by atoms with Crippen molar-refractivity contribution in [3.63, 3.8) is 0 Å². The van der Waals surface area contributed by atoms with Crippen molar-refractivity contribution in [2.45, 2.75) is 65.5 Å². The van der Waals surface area contributed by atoms with Crippen molar-refractivity contribution in [2.24, 2.45) is 0 Å². The van der Waals surface area contributed by atoms with E-state index in [4.69, 9.17) is 0 Å². The third kappa shape index (κ3) is 5.03. The van der Waals surface area contributed by atoms with Gasteiger partial charge in [0.15, 0.2) is 0 Å². The molecule has 1 aliphatic heterocycles. The maximum atomic E-state index is 4.33. The highest BCUT2D eigenvalue weighted by Crippen LogP contribution is 2.21. The van der Waals surface area contributed by atoms with Crippen LogP contribution in [0.4, 0.5) is 0 Å². The predicted molar refractivity (Wildman–Crippen MR) is 91.8 cm³/mol. The molecule has 0 N–H and O–H groups in total. The first-order valence-corrected chi connectivity index (χ1v) is 8.76. The van der Waals surface area contributed by atoms with E-state index in [1.54, 1.807) is 0 Å². The van der Waals surface area contributed by atoms with E-state index in [1.165, 1.54) is 44.3 Å². The number of rotatable bonds is 6. The van der Waals surface area contributed by atoms with Crippen LogP contribution in [0.15, 0.2) is 12.4 Å². The van der Waals surface area contributed by atoms with Crippen molar-refractivity contribution in [1.82, 2.24) is 19.8 Å². The lowest BCUT2D eigenvalue weighted by atomic mass is 10.0. The van der Waals surface area contributed by atoms with Crippen LogP contribution in [0.2, 0.25) is 0 Å². The van der Waals surface area contributed by atoms with Gasteiger partial charge in [-0.25, -0.2) is 9.97 Å². The topological polar surface area (TPSA) is 32.3 Å². The Balaban J connectivity index is 1.98. The van der Waals surface area contributed by atoms with Gasteiger partial charge in [0, 0.05) is 36.6 Å². The third-order valence-electron chi connectivity index (χ3n) is 4.75. The quantitative estimate of drug-likeness (QED) is 0.807. The van der Waals surface area contributed by atoms with Crippen LogP contribution < -0.4 is 0 Å². The molecule has 1 fully saturated rings. The Morgan fingerprint density at radius 2 is 1.68 bits per heavy atom. The maximum Gasteiger partial charge on any atom is 0.125 e. The van der Waals surface area contributed by atoms with Gasteiger partial charge in [-0.3, -0.25) is 4.90 Å². The minimum atomic E-state index is 0.171. The average molecular weight is 304 g/mol. The van der Waals surface area contributed by atoms with Crippen LogP contribution in [0.1, 0.15) is 57.8 Å². The SMILES string of the molecule is CCN(Cc1cnc(C)nc1)C(C)(C)CN1CCCCCC1. The molecule has 2 heterocycles. The minimum absolute atomic E-state index is 0.171. The highest BCUT2D eigenvalue weighted by Gasteiger charge is 2.28. The van der Waals surface area contributed by atoms with Gasteiger partial charge in [-0.15, -0.1) is 0 Å². The molecule has 0 radical (unpaired) electrons. The molecule has 0 spiro atoms. The van der Waals surface area contributed by atoms with Gasteiger partial charge in [-0.2, -0.15) is 0 Å². The summed E-state index contributed by atoms with van der Waals surface area (Å²) in [7, 11) is 0. The Bertz CT molecular complexity index is 433. The number of likely N-dealkylation sites (N-methyl/N-ethyl adjacent to an activating group) is 1. The van der Waals surface area contributed by atoms with E-state index in [0.29, 0.717) is 0 Å².